The third-order valence-corrected chi connectivity index (χ3v) is 9.47. The lowest BCUT2D eigenvalue weighted by atomic mass is 9.87. The lowest BCUT2D eigenvalue weighted by molar-refractivity contribution is -0.137. The number of alkyl halides is 3. The second-order valence-electron chi connectivity index (χ2n) is 13.0. The predicted octanol–water partition coefficient (Wildman–Crippen LogP) is 7.39. The number of nitrogens with zero attached hydrogens (tertiary/aromatic N) is 4. The number of hydrogen-bond donors (Lipinski definition) is 2. The van der Waals surface area contributed by atoms with Crippen LogP contribution < -0.4 is 15.4 Å². The Bertz CT molecular complexity index is 1270. The smallest absolute Gasteiger partial charge is 0.421 e. The maximum absolute atomic E-state index is 13.3. The summed E-state index contributed by atoms with van der Waals surface area (Å²) < 4.78 is 56.6. The third-order valence-electron chi connectivity index (χ3n) is 9.47. The van der Waals surface area contributed by atoms with Gasteiger partial charge in [-0.15, -0.1) is 0 Å². The molecule has 1 amide bonds. The largest absolute Gasteiger partial charge is 0.495 e. The Kier molecular flexibility index (Phi) is 16.2. The van der Waals surface area contributed by atoms with Gasteiger partial charge in [0, 0.05) is 58.2 Å². The summed E-state index contributed by atoms with van der Waals surface area (Å²) in [5.74, 6) is 0.771. The highest BCUT2D eigenvalue weighted by Crippen LogP contribution is 2.35. The number of piperazine rings is 1. The van der Waals surface area contributed by atoms with E-state index < -0.39 is 11.7 Å². The Morgan fingerprint density at radius 3 is 2.31 bits per heavy atom. The van der Waals surface area contributed by atoms with Gasteiger partial charge in [0.05, 0.1) is 26.0 Å². The van der Waals surface area contributed by atoms with Gasteiger partial charge < -0.3 is 29.7 Å². The number of amides is 1. The molecule has 1 aromatic heterocycles. The number of unbranched alkanes of at least 4 members (excludes halogenated alkanes) is 5. The number of benzene rings is 1. The van der Waals surface area contributed by atoms with Gasteiger partial charge in [-0.25, -0.2) is 4.98 Å². The quantitative estimate of drug-likeness (QED) is 0.138. The number of nitrogens with one attached hydrogen (secondary N) is 2. The zero-order valence-corrected chi connectivity index (χ0v) is 29.3. The fraction of sp³-hybridized carbons (Fsp3) is 0.694. The molecule has 13 heteroatoms. The van der Waals surface area contributed by atoms with Crippen molar-refractivity contribution in [2.75, 3.05) is 83.9 Å². The number of rotatable bonds is 20. The van der Waals surface area contributed by atoms with Crippen LogP contribution in [0.5, 0.6) is 5.75 Å². The van der Waals surface area contributed by atoms with Gasteiger partial charge in [-0.1, -0.05) is 57.8 Å². The molecular formula is C36H55F3N6O4. The minimum absolute atomic E-state index is 0.0351. The Morgan fingerprint density at radius 2 is 1.61 bits per heavy atom. The van der Waals surface area contributed by atoms with Gasteiger partial charge in [-0.05, 0) is 49.9 Å². The van der Waals surface area contributed by atoms with Crippen LogP contribution in [0.2, 0.25) is 0 Å². The predicted molar refractivity (Wildman–Crippen MR) is 186 cm³/mol. The zero-order chi connectivity index (χ0) is 34.9. The third kappa shape index (κ3) is 12.9. The normalized spacial score (nSPS) is 16.1. The number of carbonyl (C=O) groups excluding carboxylic acids is 1. The maximum atomic E-state index is 13.3. The van der Waals surface area contributed by atoms with Gasteiger partial charge in [0.25, 0.3) is 5.91 Å². The van der Waals surface area contributed by atoms with E-state index >= 15 is 0 Å². The lowest BCUT2D eigenvalue weighted by Gasteiger charge is -2.34. The minimum atomic E-state index is -4.58. The molecule has 2 N–H and O–H groups in total. The number of halogens is 3. The molecule has 274 valence electrons. The molecule has 1 aromatic carbocycles. The number of carbonyl (C=O) groups is 1. The molecule has 49 heavy (non-hydrogen) atoms. The Labute approximate surface area is 289 Å². The van der Waals surface area contributed by atoms with E-state index in [2.05, 4.69) is 25.5 Å². The number of ether oxygens (including phenoxy) is 3. The van der Waals surface area contributed by atoms with E-state index in [1.165, 1.54) is 78.4 Å². The first-order valence-electron chi connectivity index (χ1n) is 18.0. The molecule has 2 aliphatic rings. The standard InChI is InChI=1S/C36H55F3N6O4/c1-40-33-30(36(37,38)39)27-41-35(43-33)42-31-15-14-29(26-32(31)47-2)34(46)45-20-18-44(19-21-45)17-10-5-3-4-6-11-22-48-24-25-49-23-16-28-12-8-7-9-13-28/h14-15,26-28H,3-13,16-25H2,1-2H3,(H2,40,41,42,43). The highest BCUT2D eigenvalue weighted by Gasteiger charge is 2.35. The van der Waals surface area contributed by atoms with Crippen molar-refractivity contribution in [2.24, 2.45) is 5.92 Å². The van der Waals surface area contributed by atoms with Crippen molar-refractivity contribution in [3.63, 3.8) is 0 Å². The first kappa shape index (κ1) is 38.6. The van der Waals surface area contributed by atoms with E-state index in [1.54, 1.807) is 18.2 Å². The molecule has 0 unspecified atom stereocenters. The molecule has 1 aliphatic carbocycles. The van der Waals surface area contributed by atoms with E-state index in [4.69, 9.17) is 14.2 Å². The SMILES string of the molecule is CNc1nc(Nc2ccc(C(=O)N3CCN(CCCCCCCCOCCOCCC4CCCCC4)CC3)cc2OC)ncc1C(F)(F)F. The molecule has 1 saturated heterocycles. The van der Waals surface area contributed by atoms with E-state index in [0.29, 0.717) is 43.3 Å². The van der Waals surface area contributed by atoms with Crippen molar-refractivity contribution < 1.29 is 32.2 Å². The summed E-state index contributed by atoms with van der Waals surface area (Å²) in [5.41, 5.74) is -0.0550. The van der Waals surface area contributed by atoms with Gasteiger partial charge in [-0.2, -0.15) is 18.2 Å². The van der Waals surface area contributed by atoms with Crippen molar-refractivity contribution in [1.29, 1.82) is 0 Å². The van der Waals surface area contributed by atoms with Crippen LogP contribution in [-0.4, -0.2) is 99.0 Å². The number of anilines is 3. The van der Waals surface area contributed by atoms with Crippen LogP contribution in [0.3, 0.4) is 0 Å². The maximum Gasteiger partial charge on any atom is 0.421 e. The lowest BCUT2D eigenvalue weighted by Crippen LogP contribution is -2.48. The molecule has 0 bridgehead atoms. The van der Waals surface area contributed by atoms with Gasteiger partial charge in [0.15, 0.2) is 0 Å². The Morgan fingerprint density at radius 1 is 0.918 bits per heavy atom. The van der Waals surface area contributed by atoms with Crippen LogP contribution in [0.4, 0.5) is 30.6 Å². The van der Waals surface area contributed by atoms with Crippen LogP contribution in [0.1, 0.15) is 93.0 Å². The molecule has 2 aromatic rings. The average molecular weight is 693 g/mol. The molecule has 1 aliphatic heterocycles. The summed E-state index contributed by atoms with van der Waals surface area (Å²) >= 11 is 0. The van der Waals surface area contributed by atoms with E-state index in [0.717, 1.165) is 57.8 Å². The number of aromatic nitrogens is 2. The molecule has 2 fully saturated rings. The van der Waals surface area contributed by atoms with Crippen LogP contribution >= 0.6 is 0 Å². The van der Waals surface area contributed by atoms with Gasteiger partial charge in [-0.3, -0.25) is 9.69 Å². The molecule has 10 nitrogen and oxygen atoms in total. The van der Waals surface area contributed by atoms with Crippen LogP contribution in [0, 0.1) is 5.92 Å². The molecule has 1 saturated carbocycles. The molecular weight excluding hydrogens is 637 g/mol. The van der Waals surface area contributed by atoms with Crippen molar-refractivity contribution >= 4 is 23.4 Å². The van der Waals surface area contributed by atoms with Gasteiger partial charge in [0.2, 0.25) is 5.95 Å². The van der Waals surface area contributed by atoms with E-state index in [9.17, 15) is 18.0 Å². The molecule has 2 heterocycles. The first-order valence-corrected chi connectivity index (χ1v) is 18.0. The monoisotopic (exact) mass is 692 g/mol. The molecule has 0 atom stereocenters. The Balaban J connectivity index is 1.05. The summed E-state index contributed by atoms with van der Waals surface area (Å²) in [5, 5.41) is 5.35. The zero-order valence-electron chi connectivity index (χ0n) is 29.3. The van der Waals surface area contributed by atoms with Crippen molar-refractivity contribution in [2.45, 2.75) is 83.2 Å². The van der Waals surface area contributed by atoms with E-state index in [-0.39, 0.29) is 17.7 Å². The number of methoxy groups -OCH3 is 1. The highest BCUT2D eigenvalue weighted by atomic mass is 19.4. The summed E-state index contributed by atoms with van der Waals surface area (Å²) in [6.45, 7) is 7.12. The Hall–Kier alpha value is -3.16. The summed E-state index contributed by atoms with van der Waals surface area (Å²) in [6.07, 6.45) is 11.4. The van der Waals surface area contributed by atoms with E-state index in [1.807, 2.05) is 4.90 Å². The van der Waals surface area contributed by atoms with Gasteiger partial charge in [0.1, 0.15) is 17.1 Å². The van der Waals surface area contributed by atoms with Crippen LogP contribution in [0.15, 0.2) is 24.4 Å². The van der Waals surface area contributed by atoms with Gasteiger partial charge >= 0.3 is 6.18 Å². The van der Waals surface area contributed by atoms with Crippen LogP contribution in [0.25, 0.3) is 0 Å². The van der Waals surface area contributed by atoms with Crippen molar-refractivity contribution in [3.05, 3.63) is 35.5 Å². The van der Waals surface area contributed by atoms with Crippen LogP contribution in [-0.2, 0) is 15.7 Å². The molecule has 0 radical (unpaired) electrons. The summed E-state index contributed by atoms with van der Waals surface area (Å²) in [6, 6.07) is 4.94. The second-order valence-corrected chi connectivity index (χ2v) is 13.0. The number of hydrogen-bond acceptors (Lipinski definition) is 9. The highest BCUT2D eigenvalue weighted by molar-refractivity contribution is 5.95. The minimum Gasteiger partial charge on any atom is -0.495 e. The fourth-order valence-corrected chi connectivity index (χ4v) is 6.54. The molecule has 4 rings (SSSR count). The summed E-state index contributed by atoms with van der Waals surface area (Å²) in [7, 11) is 2.82. The second kappa shape index (κ2) is 20.5. The average Bonchev–Trinajstić information content (AvgIpc) is 3.11. The topological polar surface area (TPSA) is 101 Å². The van der Waals surface area contributed by atoms with Crippen molar-refractivity contribution in [3.8, 4) is 5.75 Å². The first-order chi connectivity index (χ1) is 23.8. The van der Waals surface area contributed by atoms with Crippen molar-refractivity contribution in [1.82, 2.24) is 19.8 Å². The summed E-state index contributed by atoms with van der Waals surface area (Å²) in [4.78, 5) is 25.3. The fourth-order valence-electron chi connectivity index (χ4n) is 6.54. The molecule has 0 spiro atoms.